The van der Waals surface area contributed by atoms with Crippen LogP contribution >= 0.6 is 15.9 Å². The summed E-state index contributed by atoms with van der Waals surface area (Å²) in [6.45, 7) is 2.14. The first-order valence-corrected chi connectivity index (χ1v) is 7.42. The molecule has 2 rings (SSSR count). The maximum absolute atomic E-state index is 10.9. The van der Waals surface area contributed by atoms with Gasteiger partial charge in [0.25, 0.3) is 0 Å². The van der Waals surface area contributed by atoms with Crippen molar-refractivity contribution in [3.8, 4) is 5.75 Å². The Kier molecular flexibility index (Phi) is 4.50. The second-order valence-corrected chi connectivity index (χ2v) is 6.08. The van der Waals surface area contributed by atoms with Crippen molar-refractivity contribution < 1.29 is 14.6 Å². The van der Waals surface area contributed by atoms with Gasteiger partial charge in [0.1, 0.15) is 5.75 Å². The van der Waals surface area contributed by atoms with Crippen LogP contribution in [0.25, 0.3) is 0 Å². The van der Waals surface area contributed by atoms with Crippen LogP contribution in [0.2, 0.25) is 0 Å². The minimum atomic E-state index is -0.652. The number of methoxy groups -OCH3 is 1. The fourth-order valence-corrected chi connectivity index (χ4v) is 3.09. The fraction of sp³-hybridized carbons (Fsp3) is 0.533. The molecule has 0 aromatic heterocycles. The van der Waals surface area contributed by atoms with Gasteiger partial charge in [-0.1, -0.05) is 22.9 Å². The first-order valence-electron chi connectivity index (χ1n) is 6.63. The van der Waals surface area contributed by atoms with Crippen LogP contribution in [0.5, 0.6) is 5.75 Å². The van der Waals surface area contributed by atoms with Gasteiger partial charge in [-0.05, 0) is 54.9 Å². The summed E-state index contributed by atoms with van der Waals surface area (Å²) in [6, 6.07) is 6.01. The summed E-state index contributed by atoms with van der Waals surface area (Å²) in [7, 11) is 1.68. The Morgan fingerprint density at radius 3 is 2.84 bits per heavy atom. The highest BCUT2D eigenvalue weighted by molar-refractivity contribution is 9.10. The molecule has 0 amide bonds. The molecule has 1 aliphatic rings. The average molecular weight is 327 g/mol. The number of hydrogen-bond donors (Lipinski definition) is 1. The normalized spacial score (nSPS) is 22.9. The number of carboxylic acids is 1. The lowest BCUT2D eigenvalue weighted by Gasteiger charge is -2.18. The van der Waals surface area contributed by atoms with Gasteiger partial charge in [0.2, 0.25) is 0 Å². The van der Waals surface area contributed by atoms with Gasteiger partial charge in [0.15, 0.2) is 0 Å². The second-order valence-electron chi connectivity index (χ2n) is 5.17. The van der Waals surface area contributed by atoms with Crippen molar-refractivity contribution in [2.45, 2.75) is 32.1 Å². The molecule has 3 nitrogen and oxygen atoms in total. The molecule has 0 spiro atoms. The highest BCUT2D eigenvalue weighted by Crippen LogP contribution is 2.47. The molecule has 0 aliphatic heterocycles. The second kappa shape index (κ2) is 5.95. The lowest BCUT2D eigenvalue weighted by atomic mass is 9.90. The molecular weight excluding hydrogens is 308 g/mol. The molecule has 0 saturated heterocycles. The predicted molar refractivity (Wildman–Crippen MR) is 77.6 cm³/mol. The summed E-state index contributed by atoms with van der Waals surface area (Å²) in [5.74, 6) is 0.795. The van der Waals surface area contributed by atoms with Gasteiger partial charge < -0.3 is 9.84 Å². The van der Waals surface area contributed by atoms with E-state index in [0.29, 0.717) is 11.8 Å². The topological polar surface area (TPSA) is 46.5 Å². The summed E-state index contributed by atoms with van der Waals surface area (Å²) in [5.41, 5.74) is 1.18. The van der Waals surface area contributed by atoms with Crippen molar-refractivity contribution in [1.29, 1.82) is 0 Å². The van der Waals surface area contributed by atoms with E-state index in [9.17, 15) is 4.79 Å². The Balaban J connectivity index is 2.13. The molecule has 3 atom stereocenters. The van der Waals surface area contributed by atoms with Crippen LogP contribution in [0.3, 0.4) is 0 Å². The van der Waals surface area contributed by atoms with Gasteiger partial charge >= 0.3 is 5.97 Å². The third-order valence-corrected chi connectivity index (χ3v) is 4.44. The van der Waals surface area contributed by atoms with E-state index in [4.69, 9.17) is 9.84 Å². The molecule has 4 heteroatoms. The van der Waals surface area contributed by atoms with E-state index < -0.39 is 5.97 Å². The lowest BCUT2D eigenvalue weighted by Crippen LogP contribution is -2.05. The van der Waals surface area contributed by atoms with Crippen molar-refractivity contribution in [2.75, 3.05) is 7.11 Å². The highest BCUT2D eigenvalue weighted by Gasteiger charge is 2.44. The molecule has 1 fully saturated rings. The highest BCUT2D eigenvalue weighted by atomic mass is 79.9. The molecule has 0 bridgehead atoms. The van der Waals surface area contributed by atoms with E-state index in [-0.39, 0.29) is 5.92 Å². The number of benzene rings is 1. The van der Waals surface area contributed by atoms with Crippen LogP contribution in [0, 0.1) is 11.8 Å². The Hall–Kier alpha value is -1.03. The molecule has 3 unspecified atom stereocenters. The van der Waals surface area contributed by atoms with Crippen LogP contribution in [0.4, 0.5) is 0 Å². The molecule has 0 heterocycles. The van der Waals surface area contributed by atoms with Crippen molar-refractivity contribution in [3.05, 3.63) is 28.2 Å². The van der Waals surface area contributed by atoms with Crippen LogP contribution < -0.4 is 4.74 Å². The minimum Gasteiger partial charge on any atom is -0.496 e. The molecule has 1 aliphatic carbocycles. The molecule has 0 radical (unpaired) electrons. The number of ether oxygens (including phenoxy) is 1. The first kappa shape index (κ1) is 14.4. The maximum atomic E-state index is 10.9. The number of aliphatic carboxylic acids is 1. The zero-order valence-electron chi connectivity index (χ0n) is 11.2. The molecule has 1 saturated carbocycles. The Labute approximate surface area is 122 Å². The van der Waals surface area contributed by atoms with Gasteiger partial charge in [0, 0.05) is 4.47 Å². The van der Waals surface area contributed by atoms with E-state index in [1.807, 2.05) is 12.1 Å². The van der Waals surface area contributed by atoms with E-state index in [1.165, 1.54) is 5.56 Å². The first-order chi connectivity index (χ1) is 9.06. The number of carbonyl (C=O) groups is 1. The Morgan fingerprint density at radius 1 is 1.58 bits per heavy atom. The van der Waals surface area contributed by atoms with E-state index >= 15 is 0 Å². The van der Waals surface area contributed by atoms with Crippen LogP contribution in [-0.2, 0) is 4.79 Å². The van der Waals surface area contributed by atoms with Gasteiger partial charge in [0.05, 0.1) is 13.0 Å². The summed E-state index contributed by atoms with van der Waals surface area (Å²) in [4.78, 5) is 10.9. The number of hydrogen-bond acceptors (Lipinski definition) is 2. The van der Waals surface area contributed by atoms with E-state index in [0.717, 1.165) is 29.5 Å². The minimum absolute atomic E-state index is 0.132. The van der Waals surface area contributed by atoms with E-state index in [1.54, 1.807) is 7.11 Å². The van der Waals surface area contributed by atoms with Crippen molar-refractivity contribution in [3.63, 3.8) is 0 Å². The van der Waals surface area contributed by atoms with Gasteiger partial charge in [-0.2, -0.15) is 0 Å². The van der Waals surface area contributed by atoms with Gasteiger partial charge in [-0.15, -0.1) is 0 Å². The molecule has 104 valence electrons. The summed E-state index contributed by atoms with van der Waals surface area (Å²) >= 11 is 3.49. The zero-order valence-corrected chi connectivity index (χ0v) is 12.8. The number of carboxylic acid groups (broad SMARTS) is 1. The molecular formula is C15H19BrO3. The molecule has 19 heavy (non-hydrogen) atoms. The number of halogens is 1. The third kappa shape index (κ3) is 3.30. The van der Waals surface area contributed by atoms with Crippen molar-refractivity contribution in [1.82, 2.24) is 0 Å². The quantitative estimate of drug-likeness (QED) is 0.857. The zero-order chi connectivity index (χ0) is 14.0. The molecule has 1 aromatic rings. The molecule has 1 N–H and O–H groups in total. The molecule has 1 aromatic carbocycles. The Bertz CT molecular complexity index is 472. The SMILES string of the molecule is CCC(CC1CC1C(=O)O)c1cc(Br)ccc1OC. The van der Waals surface area contributed by atoms with Gasteiger partial charge in [-0.3, -0.25) is 4.79 Å². The summed E-state index contributed by atoms with van der Waals surface area (Å²) < 4.78 is 6.46. The predicted octanol–water partition coefficient (Wildman–Crippen LogP) is 4.06. The number of rotatable bonds is 6. The van der Waals surface area contributed by atoms with E-state index in [2.05, 4.69) is 28.9 Å². The summed E-state index contributed by atoms with van der Waals surface area (Å²) in [6.07, 6.45) is 2.75. The largest absolute Gasteiger partial charge is 0.496 e. The van der Waals surface area contributed by atoms with Crippen molar-refractivity contribution >= 4 is 21.9 Å². The average Bonchev–Trinajstić information content (AvgIpc) is 3.15. The summed E-state index contributed by atoms with van der Waals surface area (Å²) in [5, 5.41) is 8.99. The monoisotopic (exact) mass is 326 g/mol. The third-order valence-electron chi connectivity index (χ3n) is 3.95. The smallest absolute Gasteiger partial charge is 0.306 e. The van der Waals surface area contributed by atoms with Crippen LogP contribution in [-0.4, -0.2) is 18.2 Å². The fourth-order valence-electron chi connectivity index (χ4n) is 2.71. The van der Waals surface area contributed by atoms with Crippen molar-refractivity contribution in [2.24, 2.45) is 11.8 Å². The Morgan fingerprint density at radius 2 is 2.32 bits per heavy atom. The van der Waals surface area contributed by atoms with Crippen LogP contribution in [0.15, 0.2) is 22.7 Å². The van der Waals surface area contributed by atoms with Crippen LogP contribution in [0.1, 0.15) is 37.7 Å². The maximum Gasteiger partial charge on any atom is 0.306 e. The van der Waals surface area contributed by atoms with Gasteiger partial charge in [-0.25, -0.2) is 0 Å². The standard InChI is InChI=1S/C15H19BrO3/c1-3-9(6-10-7-13(10)15(17)18)12-8-11(16)4-5-14(12)19-2/h4-5,8-10,13H,3,6-7H2,1-2H3,(H,17,18). The lowest BCUT2D eigenvalue weighted by molar-refractivity contribution is -0.138.